The Hall–Kier alpha value is -1.36. The summed E-state index contributed by atoms with van der Waals surface area (Å²) < 4.78 is 1.52. The summed E-state index contributed by atoms with van der Waals surface area (Å²) in [5, 5.41) is 7.45. The number of hydrogen-bond donors (Lipinski definition) is 1. The van der Waals surface area contributed by atoms with Crippen molar-refractivity contribution in [3.63, 3.8) is 0 Å². The summed E-state index contributed by atoms with van der Waals surface area (Å²) in [6, 6.07) is 1.62. The van der Waals surface area contributed by atoms with Gasteiger partial charge in [0.1, 0.15) is 0 Å². The van der Waals surface area contributed by atoms with Crippen LogP contribution in [0.5, 0.6) is 0 Å². The average molecular weight is 238 g/mol. The molecule has 96 valence electrons. The van der Waals surface area contributed by atoms with Gasteiger partial charge in [-0.3, -0.25) is 4.79 Å². The molecule has 1 unspecified atom stereocenters. The summed E-state index contributed by atoms with van der Waals surface area (Å²) in [5.74, 6) is 0.394. The van der Waals surface area contributed by atoms with E-state index in [0.29, 0.717) is 12.5 Å². The van der Waals surface area contributed by atoms with E-state index < -0.39 is 0 Å². The Bertz CT molecular complexity index is 400. The van der Waals surface area contributed by atoms with Crippen LogP contribution in [0.15, 0.2) is 17.1 Å². The second-order valence-electron chi connectivity index (χ2n) is 4.54. The van der Waals surface area contributed by atoms with Gasteiger partial charge in [-0.05, 0) is 19.0 Å². The highest BCUT2D eigenvalue weighted by Crippen LogP contribution is 2.04. The fraction of sp³-hybridized carbons (Fsp3) is 0.667. The van der Waals surface area contributed by atoms with Gasteiger partial charge in [-0.15, -0.1) is 0 Å². The first kappa shape index (κ1) is 13.7. The highest BCUT2D eigenvalue weighted by atomic mass is 16.1. The molecule has 0 saturated carbocycles. The molecule has 0 fully saturated rings. The van der Waals surface area contributed by atoms with Gasteiger partial charge in [-0.2, -0.15) is 5.10 Å². The van der Waals surface area contributed by atoms with Crippen molar-refractivity contribution in [2.24, 2.45) is 5.92 Å². The van der Waals surface area contributed by atoms with E-state index >= 15 is 0 Å². The number of nitrogens with one attached hydrogen (secondary N) is 1. The highest BCUT2D eigenvalue weighted by molar-refractivity contribution is 5.40. The Morgan fingerprint density at radius 1 is 1.53 bits per heavy atom. The monoisotopic (exact) mass is 238 g/mol. The zero-order chi connectivity index (χ0) is 12.8. The Kier molecular flexibility index (Phi) is 5.15. The van der Waals surface area contributed by atoms with E-state index in [9.17, 15) is 4.79 Å². The molecule has 1 rings (SSSR count). The van der Waals surface area contributed by atoms with Gasteiger partial charge >= 0.3 is 0 Å². The lowest BCUT2D eigenvalue weighted by atomic mass is 10.2. The van der Waals surface area contributed by atoms with Gasteiger partial charge in [-0.25, -0.2) is 4.68 Å². The molecular formula is C12H22N4O. The molecule has 1 N–H and O–H groups in total. The third-order valence-corrected chi connectivity index (χ3v) is 2.60. The maximum absolute atomic E-state index is 11.8. The van der Waals surface area contributed by atoms with Crippen molar-refractivity contribution in [3.8, 4) is 0 Å². The summed E-state index contributed by atoms with van der Waals surface area (Å²) in [6.07, 6.45) is 1.72. The summed E-state index contributed by atoms with van der Waals surface area (Å²) in [7, 11) is 3.79. The van der Waals surface area contributed by atoms with Crippen molar-refractivity contribution in [3.05, 3.63) is 22.6 Å². The molecule has 1 aromatic rings. The average Bonchev–Trinajstić information content (AvgIpc) is 2.28. The van der Waals surface area contributed by atoms with Crippen LogP contribution in [0.2, 0.25) is 0 Å². The van der Waals surface area contributed by atoms with Gasteiger partial charge < -0.3 is 10.2 Å². The van der Waals surface area contributed by atoms with E-state index in [1.165, 1.54) is 4.68 Å². The maximum atomic E-state index is 11.8. The smallest absolute Gasteiger partial charge is 0.268 e. The number of anilines is 1. The topological polar surface area (TPSA) is 50.2 Å². The van der Waals surface area contributed by atoms with Crippen LogP contribution >= 0.6 is 0 Å². The van der Waals surface area contributed by atoms with Crippen LogP contribution < -0.4 is 15.8 Å². The lowest BCUT2D eigenvalue weighted by molar-refractivity contribution is 0.414. The van der Waals surface area contributed by atoms with E-state index in [1.54, 1.807) is 12.3 Å². The normalized spacial score (nSPS) is 12.5. The molecule has 0 spiro atoms. The van der Waals surface area contributed by atoms with E-state index in [-0.39, 0.29) is 5.56 Å². The van der Waals surface area contributed by atoms with E-state index in [1.807, 2.05) is 19.0 Å². The highest BCUT2D eigenvalue weighted by Gasteiger charge is 2.06. The molecule has 5 heteroatoms. The molecule has 0 saturated heterocycles. The Morgan fingerprint density at radius 3 is 2.76 bits per heavy atom. The molecule has 0 bridgehead atoms. The fourth-order valence-corrected chi connectivity index (χ4v) is 1.56. The predicted octanol–water partition coefficient (Wildman–Crippen LogP) is 0.555. The molecule has 5 nitrogen and oxygen atoms in total. The summed E-state index contributed by atoms with van der Waals surface area (Å²) >= 11 is 0. The van der Waals surface area contributed by atoms with E-state index in [2.05, 4.69) is 24.3 Å². The fourth-order valence-electron chi connectivity index (χ4n) is 1.56. The SMILES string of the molecule is CCNCC(C)Cn1ncc(N(C)C)cc1=O. The lowest BCUT2D eigenvalue weighted by Crippen LogP contribution is -2.30. The lowest BCUT2D eigenvalue weighted by Gasteiger charge is -2.15. The first-order chi connectivity index (χ1) is 8.04. The van der Waals surface area contributed by atoms with Crippen molar-refractivity contribution in [1.82, 2.24) is 15.1 Å². The molecule has 0 aliphatic carbocycles. The van der Waals surface area contributed by atoms with Crippen molar-refractivity contribution >= 4 is 5.69 Å². The summed E-state index contributed by atoms with van der Waals surface area (Å²) in [5.41, 5.74) is 0.796. The molecular weight excluding hydrogens is 216 g/mol. The number of nitrogens with zero attached hydrogens (tertiary/aromatic N) is 3. The first-order valence-corrected chi connectivity index (χ1v) is 5.99. The van der Waals surface area contributed by atoms with Gasteiger partial charge in [0.25, 0.3) is 5.56 Å². The molecule has 17 heavy (non-hydrogen) atoms. The first-order valence-electron chi connectivity index (χ1n) is 5.99. The standard InChI is InChI=1S/C12H22N4O/c1-5-13-7-10(2)9-16-12(17)6-11(8-14-16)15(3)4/h6,8,10,13H,5,7,9H2,1-4H3. The minimum Gasteiger partial charge on any atom is -0.376 e. The van der Waals surface area contributed by atoms with Crippen LogP contribution in [0.3, 0.4) is 0 Å². The maximum Gasteiger partial charge on any atom is 0.268 e. The predicted molar refractivity (Wildman–Crippen MR) is 70.5 cm³/mol. The Morgan fingerprint density at radius 2 is 2.24 bits per heavy atom. The quantitative estimate of drug-likeness (QED) is 0.786. The number of hydrogen-bond acceptors (Lipinski definition) is 4. The third-order valence-electron chi connectivity index (χ3n) is 2.60. The summed E-state index contributed by atoms with van der Waals surface area (Å²) in [6.45, 7) is 6.69. The minimum atomic E-state index is -0.0421. The summed E-state index contributed by atoms with van der Waals surface area (Å²) in [4.78, 5) is 13.7. The minimum absolute atomic E-state index is 0.0421. The Labute approximate surface area is 102 Å². The van der Waals surface area contributed by atoms with Crippen LogP contribution in [0.4, 0.5) is 5.69 Å². The van der Waals surface area contributed by atoms with Gasteiger partial charge in [0.15, 0.2) is 0 Å². The van der Waals surface area contributed by atoms with Crippen LogP contribution in [0, 0.1) is 5.92 Å². The zero-order valence-corrected chi connectivity index (χ0v) is 11.1. The van der Waals surface area contributed by atoms with Gasteiger partial charge in [0, 0.05) is 26.7 Å². The second-order valence-corrected chi connectivity index (χ2v) is 4.54. The second kappa shape index (κ2) is 6.39. The Balaban J connectivity index is 2.69. The van der Waals surface area contributed by atoms with E-state index in [4.69, 9.17) is 0 Å². The van der Waals surface area contributed by atoms with Crippen molar-refractivity contribution in [2.45, 2.75) is 20.4 Å². The molecule has 0 amide bonds. The number of aromatic nitrogens is 2. The van der Waals surface area contributed by atoms with Crippen LogP contribution in [0.1, 0.15) is 13.8 Å². The van der Waals surface area contributed by atoms with Gasteiger partial charge in [0.2, 0.25) is 0 Å². The van der Waals surface area contributed by atoms with Crippen molar-refractivity contribution in [2.75, 3.05) is 32.1 Å². The third kappa shape index (κ3) is 4.19. The molecule has 0 aliphatic heterocycles. The van der Waals surface area contributed by atoms with Gasteiger partial charge in [-0.1, -0.05) is 13.8 Å². The van der Waals surface area contributed by atoms with Crippen LogP contribution in [-0.4, -0.2) is 37.0 Å². The van der Waals surface area contributed by atoms with Crippen LogP contribution in [-0.2, 0) is 6.54 Å². The molecule has 1 atom stereocenters. The van der Waals surface area contributed by atoms with Crippen LogP contribution in [0.25, 0.3) is 0 Å². The van der Waals surface area contributed by atoms with Gasteiger partial charge in [0.05, 0.1) is 11.9 Å². The van der Waals surface area contributed by atoms with Crippen molar-refractivity contribution in [1.29, 1.82) is 0 Å². The zero-order valence-electron chi connectivity index (χ0n) is 11.1. The molecule has 0 aromatic carbocycles. The molecule has 1 heterocycles. The number of rotatable bonds is 6. The largest absolute Gasteiger partial charge is 0.376 e. The molecule has 1 aromatic heterocycles. The molecule has 0 aliphatic rings. The van der Waals surface area contributed by atoms with E-state index in [0.717, 1.165) is 18.8 Å². The van der Waals surface area contributed by atoms with Crippen molar-refractivity contribution < 1.29 is 0 Å². The molecule has 0 radical (unpaired) electrons.